The highest BCUT2D eigenvalue weighted by atomic mass is 16.5. The van der Waals surface area contributed by atoms with Gasteiger partial charge in [0, 0.05) is 11.3 Å². The largest absolute Gasteiger partial charge is 0.494 e. The molecule has 0 aliphatic heterocycles. The van der Waals surface area contributed by atoms with Crippen LogP contribution in [0.3, 0.4) is 0 Å². The van der Waals surface area contributed by atoms with Crippen molar-refractivity contribution < 1.29 is 4.74 Å². The van der Waals surface area contributed by atoms with Gasteiger partial charge in [0.2, 0.25) is 0 Å². The minimum Gasteiger partial charge on any atom is -0.494 e. The highest BCUT2D eigenvalue weighted by Gasteiger charge is 2.19. The predicted molar refractivity (Wildman–Crippen MR) is 105 cm³/mol. The molecule has 1 aliphatic carbocycles. The topological polar surface area (TPSA) is 22.1 Å². The molecule has 1 unspecified atom stereocenters. The van der Waals surface area contributed by atoms with E-state index < -0.39 is 0 Å². The summed E-state index contributed by atoms with van der Waals surface area (Å²) in [4.78, 5) is 4.95. The van der Waals surface area contributed by atoms with Gasteiger partial charge in [0.15, 0.2) is 0 Å². The summed E-state index contributed by atoms with van der Waals surface area (Å²) in [6, 6.07) is 12.9. The first-order valence-electron chi connectivity index (χ1n) is 10.0. The van der Waals surface area contributed by atoms with Crippen molar-refractivity contribution in [2.45, 2.75) is 65.2 Å². The van der Waals surface area contributed by atoms with E-state index in [0.29, 0.717) is 0 Å². The molecule has 0 radical (unpaired) electrons. The molecule has 0 saturated heterocycles. The molecule has 1 aromatic heterocycles. The molecule has 0 fully saturated rings. The highest BCUT2D eigenvalue weighted by molar-refractivity contribution is 5.60. The minimum atomic E-state index is 0.809. The summed E-state index contributed by atoms with van der Waals surface area (Å²) in [7, 11) is 0. The van der Waals surface area contributed by atoms with Crippen LogP contribution < -0.4 is 4.74 Å². The maximum atomic E-state index is 5.80. The molecule has 0 spiro atoms. The van der Waals surface area contributed by atoms with Crippen molar-refractivity contribution >= 4 is 0 Å². The lowest BCUT2D eigenvalue weighted by Crippen LogP contribution is -2.15. The number of rotatable bonds is 8. The summed E-state index contributed by atoms with van der Waals surface area (Å²) in [6.45, 7) is 5.31. The van der Waals surface area contributed by atoms with Gasteiger partial charge in [0.25, 0.3) is 0 Å². The molecular weight excluding hydrogens is 306 g/mol. The number of aromatic nitrogens is 1. The first-order valence-corrected chi connectivity index (χ1v) is 10.0. The molecule has 2 heteroatoms. The Balaban J connectivity index is 1.64. The molecule has 0 saturated carbocycles. The van der Waals surface area contributed by atoms with Crippen LogP contribution in [-0.4, -0.2) is 11.6 Å². The molecule has 25 heavy (non-hydrogen) atoms. The molecule has 2 nitrogen and oxygen atoms in total. The molecule has 1 aromatic carbocycles. The van der Waals surface area contributed by atoms with Gasteiger partial charge in [-0.05, 0) is 67.5 Å². The summed E-state index contributed by atoms with van der Waals surface area (Å²) < 4.78 is 5.80. The summed E-state index contributed by atoms with van der Waals surface area (Å²) in [5.74, 6) is 1.81. The molecule has 0 bridgehead atoms. The van der Waals surface area contributed by atoms with Crippen LogP contribution in [0, 0.1) is 5.92 Å². The summed E-state index contributed by atoms with van der Waals surface area (Å²) in [5.41, 5.74) is 5.04. The zero-order valence-electron chi connectivity index (χ0n) is 15.8. The van der Waals surface area contributed by atoms with Gasteiger partial charge in [0.1, 0.15) is 5.75 Å². The van der Waals surface area contributed by atoms with Crippen LogP contribution in [0.2, 0.25) is 0 Å². The van der Waals surface area contributed by atoms with E-state index in [1.807, 2.05) is 0 Å². The van der Waals surface area contributed by atoms with Crippen molar-refractivity contribution in [1.82, 2.24) is 4.98 Å². The monoisotopic (exact) mass is 337 g/mol. The van der Waals surface area contributed by atoms with Gasteiger partial charge >= 0.3 is 0 Å². The maximum Gasteiger partial charge on any atom is 0.119 e. The van der Waals surface area contributed by atoms with Crippen molar-refractivity contribution in [3.63, 3.8) is 0 Å². The number of nitrogens with zero attached hydrogens (tertiary/aromatic N) is 1. The Hall–Kier alpha value is -1.83. The second-order valence-corrected chi connectivity index (χ2v) is 7.28. The molecule has 1 aliphatic rings. The van der Waals surface area contributed by atoms with Gasteiger partial charge in [-0.15, -0.1) is 0 Å². The Kier molecular flexibility index (Phi) is 6.49. The van der Waals surface area contributed by atoms with Crippen LogP contribution in [0.1, 0.15) is 63.6 Å². The quantitative estimate of drug-likeness (QED) is 0.533. The lowest BCUT2D eigenvalue weighted by molar-refractivity contribution is 0.306. The zero-order valence-corrected chi connectivity index (χ0v) is 15.8. The maximum absolute atomic E-state index is 5.80. The van der Waals surface area contributed by atoms with E-state index in [-0.39, 0.29) is 0 Å². The smallest absolute Gasteiger partial charge is 0.119 e. The molecule has 3 rings (SSSR count). The van der Waals surface area contributed by atoms with Crippen molar-refractivity contribution in [1.29, 1.82) is 0 Å². The minimum absolute atomic E-state index is 0.809. The highest BCUT2D eigenvalue weighted by Crippen LogP contribution is 2.30. The normalized spacial score (nSPS) is 16.5. The van der Waals surface area contributed by atoms with Crippen molar-refractivity contribution in [3.05, 3.63) is 47.7 Å². The second-order valence-electron chi connectivity index (χ2n) is 7.28. The number of unbranched alkanes of at least 4 members (excludes halogenated alkanes) is 2. The molecule has 1 heterocycles. The van der Waals surface area contributed by atoms with Gasteiger partial charge in [-0.2, -0.15) is 0 Å². The van der Waals surface area contributed by atoms with Crippen LogP contribution >= 0.6 is 0 Å². The van der Waals surface area contributed by atoms with Crippen molar-refractivity contribution in [2.24, 2.45) is 5.92 Å². The van der Waals surface area contributed by atoms with Crippen molar-refractivity contribution in [3.8, 4) is 17.0 Å². The van der Waals surface area contributed by atoms with E-state index >= 15 is 0 Å². The number of fused-ring (bicyclic) bond motifs is 1. The SMILES string of the molecule is CCCCCOc1ccc(-c2ccc3c(n2)CCC(CCC)C3)cc1. The number of hydrogen-bond donors (Lipinski definition) is 0. The zero-order chi connectivity index (χ0) is 17.5. The first kappa shape index (κ1) is 18.0. The van der Waals surface area contributed by atoms with Gasteiger partial charge in [0.05, 0.1) is 12.3 Å². The molecule has 0 amide bonds. The lowest BCUT2D eigenvalue weighted by atomic mass is 9.84. The first-order chi connectivity index (χ1) is 12.3. The fraction of sp³-hybridized carbons (Fsp3) is 0.522. The molecular formula is C23H31NO. The van der Waals surface area contributed by atoms with E-state index in [0.717, 1.165) is 36.8 Å². The standard InChI is InChI=1S/C23H31NO/c1-3-5-6-16-25-21-12-9-19(10-13-21)22-15-11-20-17-18(7-4-2)8-14-23(20)24-22/h9-13,15,18H,3-8,14,16-17H2,1-2H3. The Morgan fingerprint density at radius 1 is 1.00 bits per heavy atom. The lowest BCUT2D eigenvalue weighted by Gasteiger charge is -2.24. The fourth-order valence-corrected chi connectivity index (χ4v) is 3.77. The Morgan fingerprint density at radius 2 is 1.84 bits per heavy atom. The van der Waals surface area contributed by atoms with Gasteiger partial charge in [-0.3, -0.25) is 4.98 Å². The Bertz CT molecular complexity index is 662. The van der Waals surface area contributed by atoms with Crippen molar-refractivity contribution in [2.75, 3.05) is 6.61 Å². The Morgan fingerprint density at radius 3 is 2.60 bits per heavy atom. The van der Waals surface area contributed by atoms with E-state index in [1.54, 1.807) is 0 Å². The van der Waals surface area contributed by atoms with Gasteiger partial charge in [-0.25, -0.2) is 0 Å². The molecule has 0 N–H and O–H groups in total. The predicted octanol–water partition coefficient (Wildman–Crippen LogP) is 6.22. The Labute approximate surface area is 152 Å². The van der Waals surface area contributed by atoms with Gasteiger partial charge < -0.3 is 4.74 Å². The number of benzene rings is 1. The number of hydrogen-bond acceptors (Lipinski definition) is 2. The van der Waals surface area contributed by atoms with Crippen LogP contribution in [0.4, 0.5) is 0 Å². The fourth-order valence-electron chi connectivity index (χ4n) is 3.77. The third-order valence-corrected chi connectivity index (χ3v) is 5.23. The molecule has 134 valence electrons. The average Bonchev–Trinajstić information content (AvgIpc) is 2.66. The van der Waals surface area contributed by atoms with Crippen LogP contribution in [0.15, 0.2) is 36.4 Å². The molecule has 2 aromatic rings. The van der Waals surface area contributed by atoms with E-state index in [9.17, 15) is 0 Å². The second kappa shape index (κ2) is 9.03. The molecule has 1 atom stereocenters. The number of pyridine rings is 1. The number of ether oxygens (including phenoxy) is 1. The third-order valence-electron chi connectivity index (χ3n) is 5.23. The summed E-state index contributed by atoms with van der Waals surface area (Å²) in [6.07, 6.45) is 9.86. The van der Waals surface area contributed by atoms with E-state index in [2.05, 4.69) is 50.2 Å². The average molecular weight is 338 g/mol. The summed E-state index contributed by atoms with van der Waals surface area (Å²) >= 11 is 0. The van der Waals surface area contributed by atoms with E-state index in [4.69, 9.17) is 9.72 Å². The van der Waals surface area contributed by atoms with Crippen LogP contribution in [0.5, 0.6) is 5.75 Å². The number of aryl methyl sites for hydroxylation is 1. The van der Waals surface area contributed by atoms with Crippen LogP contribution in [-0.2, 0) is 12.8 Å². The third kappa shape index (κ3) is 4.84. The van der Waals surface area contributed by atoms with E-state index in [1.165, 1.54) is 55.3 Å². The summed E-state index contributed by atoms with van der Waals surface area (Å²) in [5, 5.41) is 0. The van der Waals surface area contributed by atoms with Crippen LogP contribution in [0.25, 0.3) is 11.3 Å². The van der Waals surface area contributed by atoms with Gasteiger partial charge in [-0.1, -0.05) is 45.6 Å².